The first-order valence-electron chi connectivity index (χ1n) is 7.92. The predicted molar refractivity (Wildman–Crippen MR) is 98.7 cm³/mol. The van der Waals surface area contributed by atoms with E-state index >= 15 is 0 Å². The third kappa shape index (κ3) is 4.17. The van der Waals surface area contributed by atoms with Crippen LogP contribution in [0.15, 0.2) is 10.6 Å². The first-order valence-corrected chi connectivity index (χ1v) is 9.96. The minimum Gasteiger partial charge on any atom is -0.465 e. The molecule has 0 bridgehead atoms. The Bertz CT molecular complexity index is 747. The van der Waals surface area contributed by atoms with Crippen LogP contribution in [0.25, 0.3) is 0 Å². The number of ether oxygens (including phenoxy) is 2. The summed E-state index contributed by atoms with van der Waals surface area (Å²) in [7, 11) is 1.23. The summed E-state index contributed by atoms with van der Waals surface area (Å²) >= 11 is 2.71. The van der Waals surface area contributed by atoms with E-state index < -0.39 is 5.97 Å². The number of nitrogens with zero attached hydrogens (tertiary/aromatic N) is 1. The van der Waals surface area contributed by atoms with E-state index in [1.165, 1.54) is 30.2 Å². The molecule has 0 fully saturated rings. The highest BCUT2D eigenvalue weighted by atomic mass is 32.2. The molecule has 1 aliphatic carbocycles. The lowest BCUT2D eigenvalue weighted by Gasteiger charge is -2.13. The highest BCUT2D eigenvalue weighted by Gasteiger charge is 2.27. The van der Waals surface area contributed by atoms with Crippen LogP contribution in [0.4, 0.5) is 5.00 Å². The molecular formula is C17H20N2O4S2. The fourth-order valence-corrected chi connectivity index (χ4v) is 4.57. The van der Waals surface area contributed by atoms with Gasteiger partial charge in [-0.25, -0.2) is 9.59 Å². The maximum absolute atomic E-state index is 12.5. The van der Waals surface area contributed by atoms with Gasteiger partial charge >= 0.3 is 11.9 Å². The van der Waals surface area contributed by atoms with E-state index in [1.54, 1.807) is 13.2 Å². The lowest BCUT2D eigenvalue weighted by molar-refractivity contribution is -0.135. The minimum absolute atomic E-state index is 0.115. The highest BCUT2D eigenvalue weighted by Crippen LogP contribution is 2.40. The van der Waals surface area contributed by atoms with Crippen molar-refractivity contribution >= 4 is 40.0 Å². The molecule has 25 heavy (non-hydrogen) atoms. The maximum Gasteiger partial charge on any atom is 0.351 e. The molecule has 1 aromatic heterocycles. The molecular weight excluding hydrogens is 360 g/mol. The summed E-state index contributed by atoms with van der Waals surface area (Å²) in [5.41, 5.74) is 1.43. The zero-order chi connectivity index (χ0) is 18.4. The molecule has 1 aromatic rings. The second-order valence-corrected chi connectivity index (χ2v) is 7.19. The van der Waals surface area contributed by atoms with Crippen molar-refractivity contribution in [1.82, 2.24) is 0 Å². The second-order valence-electron chi connectivity index (χ2n) is 5.27. The fraction of sp³-hybridized carbons (Fsp3) is 0.471. The summed E-state index contributed by atoms with van der Waals surface area (Å²) in [5.74, 6) is -1.08. The molecule has 8 heteroatoms. The molecule has 1 aliphatic rings. The highest BCUT2D eigenvalue weighted by molar-refractivity contribution is 8.02. The van der Waals surface area contributed by atoms with Gasteiger partial charge in [-0.15, -0.1) is 23.1 Å². The van der Waals surface area contributed by atoms with Crippen LogP contribution < -0.4 is 5.32 Å². The first kappa shape index (κ1) is 19.3. The third-order valence-electron chi connectivity index (χ3n) is 3.81. The SMILES string of the molecule is CCOC(=O)c1c(N/C(SC)=C(\C#N)C(=O)OC)sc2c1CCCC2. The molecule has 0 unspecified atom stereocenters. The van der Waals surface area contributed by atoms with Crippen LogP contribution in [-0.4, -0.2) is 31.9 Å². The number of thiophene rings is 1. The molecule has 1 N–H and O–H groups in total. The van der Waals surface area contributed by atoms with Crippen molar-refractivity contribution in [2.45, 2.75) is 32.6 Å². The van der Waals surface area contributed by atoms with Gasteiger partial charge < -0.3 is 14.8 Å². The molecule has 0 atom stereocenters. The van der Waals surface area contributed by atoms with E-state index in [2.05, 4.69) is 10.1 Å². The van der Waals surface area contributed by atoms with Gasteiger partial charge in [0.25, 0.3) is 0 Å². The Hall–Kier alpha value is -1.98. The molecule has 0 spiro atoms. The molecule has 0 amide bonds. The van der Waals surface area contributed by atoms with Gasteiger partial charge in [-0.05, 0) is 44.4 Å². The van der Waals surface area contributed by atoms with Crippen LogP contribution in [0.5, 0.6) is 0 Å². The van der Waals surface area contributed by atoms with E-state index in [9.17, 15) is 14.9 Å². The quantitative estimate of drug-likeness (QED) is 0.459. The Morgan fingerprint density at radius 1 is 1.36 bits per heavy atom. The summed E-state index contributed by atoms with van der Waals surface area (Å²) in [6.07, 6.45) is 5.63. The number of rotatable bonds is 6. The first-order chi connectivity index (χ1) is 12.1. The van der Waals surface area contributed by atoms with Crippen LogP contribution in [0, 0.1) is 11.3 Å². The number of nitrogens with one attached hydrogen (secondary N) is 1. The Balaban J connectivity index is 2.49. The van der Waals surface area contributed by atoms with Crippen molar-refractivity contribution in [3.05, 3.63) is 26.6 Å². The number of thioether (sulfide) groups is 1. The van der Waals surface area contributed by atoms with Crippen molar-refractivity contribution in [3.63, 3.8) is 0 Å². The van der Waals surface area contributed by atoms with Crippen LogP contribution in [0.3, 0.4) is 0 Å². The predicted octanol–water partition coefficient (Wildman–Crippen LogP) is 3.49. The number of esters is 2. The Morgan fingerprint density at radius 3 is 2.68 bits per heavy atom. The van der Waals surface area contributed by atoms with Gasteiger partial charge in [-0.3, -0.25) is 0 Å². The number of hydrogen-bond donors (Lipinski definition) is 1. The van der Waals surface area contributed by atoms with E-state index in [-0.39, 0.29) is 11.5 Å². The Morgan fingerprint density at radius 2 is 2.08 bits per heavy atom. The van der Waals surface area contributed by atoms with E-state index in [0.717, 1.165) is 36.1 Å². The van der Waals surface area contributed by atoms with Crippen LogP contribution in [-0.2, 0) is 27.1 Å². The Labute approximate surface area is 155 Å². The molecule has 134 valence electrons. The number of nitriles is 1. The molecule has 0 aliphatic heterocycles. The molecule has 0 aromatic carbocycles. The second kappa shape index (κ2) is 8.92. The van der Waals surface area contributed by atoms with Crippen LogP contribution in [0.1, 0.15) is 40.6 Å². The number of hydrogen-bond acceptors (Lipinski definition) is 8. The lowest BCUT2D eigenvalue weighted by Crippen LogP contribution is -2.13. The van der Waals surface area contributed by atoms with Crippen molar-refractivity contribution in [3.8, 4) is 6.07 Å². The van der Waals surface area contributed by atoms with Crippen molar-refractivity contribution in [1.29, 1.82) is 5.26 Å². The van der Waals surface area contributed by atoms with Crippen molar-refractivity contribution in [2.24, 2.45) is 0 Å². The molecule has 6 nitrogen and oxygen atoms in total. The average Bonchev–Trinajstić information content (AvgIpc) is 2.99. The third-order valence-corrected chi connectivity index (χ3v) is 5.73. The molecule has 0 saturated carbocycles. The van der Waals surface area contributed by atoms with Gasteiger partial charge in [0.2, 0.25) is 0 Å². The number of carbonyl (C=O) groups is 2. The molecule has 0 saturated heterocycles. The summed E-state index contributed by atoms with van der Waals surface area (Å²) < 4.78 is 9.87. The standard InChI is InChI=1S/C17H20N2O4S2/c1-4-23-17(21)13-10-7-5-6-8-12(10)25-15(13)19-14(24-3)11(9-18)16(20)22-2/h19H,4-8H2,1-3H3/b14-11-. The molecule has 0 radical (unpaired) electrons. The van der Waals surface area contributed by atoms with Gasteiger partial charge in [-0.2, -0.15) is 5.26 Å². The number of fused-ring (bicyclic) bond motifs is 1. The smallest absolute Gasteiger partial charge is 0.351 e. The lowest BCUT2D eigenvalue weighted by atomic mass is 9.95. The van der Waals surface area contributed by atoms with E-state index in [4.69, 9.17) is 4.74 Å². The fourth-order valence-electron chi connectivity index (χ4n) is 2.68. The summed E-state index contributed by atoms with van der Waals surface area (Å²) in [5, 5.41) is 13.4. The van der Waals surface area contributed by atoms with Crippen molar-refractivity contribution in [2.75, 3.05) is 25.3 Å². The maximum atomic E-state index is 12.5. The van der Waals surface area contributed by atoms with Crippen LogP contribution >= 0.6 is 23.1 Å². The largest absolute Gasteiger partial charge is 0.465 e. The Kier molecular flexibility index (Phi) is 6.91. The summed E-state index contributed by atoms with van der Waals surface area (Å²) in [6.45, 7) is 2.06. The van der Waals surface area contributed by atoms with Gasteiger partial charge in [0.15, 0.2) is 5.57 Å². The summed E-state index contributed by atoms with van der Waals surface area (Å²) in [6, 6.07) is 1.87. The summed E-state index contributed by atoms with van der Waals surface area (Å²) in [4.78, 5) is 25.4. The monoisotopic (exact) mass is 380 g/mol. The average molecular weight is 380 g/mol. The van der Waals surface area contributed by atoms with Gasteiger partial charge in [0.1, 0.15) is 11.1 Å². The van der Waals surface area contributed by atoms with Gasteiger partial charge in [0.05, 0.1) is 24.3 Å². The van der Waals surface area contributed by atoms with E-state index in [0.29, 0.717) is 22.2 Å². The van der Waals surface area contributed by atoms with Crippen LogP contribution in [0.2, 0.25) is 0 Å². The van der Waals surface area contributed by atoms with Gasteiger partial charge in [0, 0.05) is 4.88 Å². The topological polar surface area (TPSA) is 88.4 Å². The molecule has 1 heterocycles. The number of carbonyl (C=O) groups excluding carboxylic acids is 2. The zero-order valence-electron chi connectivity index (χ0n) is 14.4. The normalized spacial score (nSPS) is 14.0. The van der Waals surface area contributed by atoms with Crippen molar-refractivity contribution < 1.29 is 19.1 Å². The molecule has 2 rings (SSSR count). The van der Waals surface area contributed by atoms with Gasteiger partial charge in [-0.1, -0.05) is 0 Å². The number of anilines is 1. The number of aryl methyl sites for hydroxylation is 1. The zero-order valence-corrected chi connectivity index (χ0v) is 16.1. The van der Waals surface area contributed by atoms with E-state index in [1.807, 2.05) is 6.07 Å². The minimum atomic E-state index is -0.710. The number of methoxy groups -OCH3 is 1.